The first-order valence-corrected chi connectivity index (χ1v) is 4.95. The van der Waals surface area contributed by atoms with Crippen molar-refractivity contribution in [1.29, 1.82) is 0 Å². The molecule has 1 aromatic heterocycles. The molecule has 0 saturated heterocycles. The number of aliphatic carboxylic acids is 1. The predicted octanol–water partition coefficient (Wildman–Crippen LogP) is 0.460. The smallest absolute Gasteiger partial charge is 0.326 e. The van der Waals surface area contributed by atoms with Crippen molar-refractivity contribution in [2.75, 3.05) is 0 Å². The summed E-state index contributed by atoms with van der Waals surface area (Å²) >= 11 is 0. The first-order chi connectivity index (χ1) is 7.65. The number of nitrogens with zero attached hydrogens (tertiary/aromatic N) is 2. The number of carboxylic acids is 1. The molecule has 86 valence electrons. The fourth-order valence-electron chi connectivity index (χ4n) is 1.21. The van der Waals surface area contributed by atoms with Crippen LogP contribution in [0.5, 0.6) is 0 Å². The Kier molecular flexibility index (Phi) is 4.38. The summed E-state index contributed by atoms with van der Waals surface area (Å²) in [7, 11) is 0. The Morgan fingerprint density at radius 1 is 1.50 bits per heavy atom. The SMILES string of the molecule is CCCC(NC(=O)c1ccnnc1)C(=O)O. The third-order valence-electron chi connectivity index (χ3n) is 2.03. The van der Waals surface area contributed by atoms with Crippen molar-refractivity contribution in [2.45, 2.75) is 25.8 Å². The van der Waals surface area contributed by atoms with Crippen molar-refractivity contribution >= 4 is 11.9 Å². The number of aromatic nitrogens is 2. The number of hydrogen-bond donors (Lipinski definition) is 2. The van der Waals surface area contributed by atoms with E-state index in [9.17, 15) is 9.59 Å². The van der Waals surface area contributed by atoms with E-state index >= 15 is 0 Å². The van der Waals surface area contributed by atoms with Crippen molar-refractivity contribution in [1.82, 2.24) is 15.5 Å². The van der Waals surface area contributed by atoms with Crippen LogP contribution in [0.4, 0.5) is 0 Å². The second-order valence-electron chi connectivity index (χ2n) is 3.28. The van der Waals surface area contributed by atoms with Crippen molar-refractivity contribution in [2.24, 2.45) is 0 Å². The zero-order valence-corrected chi connectivity index (χ0v) is 8.88. The quantitative estimate of drug-likeness (QED) is 0.756. The van der Waals surface area contributed by atoms with Crippen LogP contribution in [0.2, 0.25) is 0 Å². The van der Waals surface area contributed by atoms with Crippen LogP contribution in [0.1, 0.15) is 30.1 Å². The minimum Gasteiger partial charge on any atom is -0.480 e. The van der Waals surface area contributed by atoms with Crippen molar-refractivity contribution < 1.29 is 14.7 Å². The maximum absolute atomic E-state index is 11.6. The molecule has 1 aromatic rings. The minimum absolute atomic E-state index is 0.303. The Balaban J connectivity index is 2.65. The highest BCUT2D eigenvalue weighted by Crippen LogP contribution is 2.00. The van der Waals surface area contributed by atoms with Gasteiger partial charge in [0, 0.05) is 0 Å². The fourth-order valence-corrected chi connectivity index (χ4v) is 1.21. The normalized spacial score (nSPS) is 11.8. The Morgan fingerprint density at radius 2 is 2.25 bits per heavy atom. The van der Waals surface area contributed by atoms with E-state index in [1.54, 1.807) is 0 Å². The summed E-state index contributed by atoms with van der Waals surface area (Å²) in [6.45, 7) is 1.86. The molecular weight excluding hydrogens is 210 g/mol. The van der Waals surface area contributed by atoms with Gasteiger partial charge in [0.1, 0.15) is 6.04 Å². The molecule has 0 fully saturated rings. The summed E-state index contributed by atoms with van der Waals surface area (Å²) in [5, 5.41) is 18.4. The number of carbonyl (C=O) groups excluding carboxylic acids is 1. The third kappa shape index (κ3) is 3.30. The minimum atomic E-state index is -1.03. The second kappa shape index (κ2) is 5.79. The monoisotopic (exact) mass is 223 g/mol. The number of rotatable bonds is 5. The number of carboxylic acid groups (broad SMARTS) is 1. The summed E-state index contributed by atoms with van der Waals surface area (Å²) in [6.07, 6.45) is 3.76. The summed E-state index contributed by atoms with van der Waals surface area (Å²) < 4.78 is 0. The van der Waals surface area contributed by atoms with E-state index in [1.807, 2.05) is 6.92 Å². The molecule has 6 nitrogen and oxygen atoms in total. The maximum Gasteiger partial charge on any atom is 0.326 e. The highest BCUT2D eigenvalue weighted by Gasteiger charge is 2.19. The van der Waals surface area contributed by atoms with Gasteiger partial charge in [-0.3, -0.25) is 4.79 Å². The van der Waals surface area contributed by atoms with E-state index in [2.05, 4.69) is 15.5 Å². The van der Waals surface area contributed by atoms with Crippen LogP contribution in [-0.4, -0.2) is 33.2 Å². The van der Waals surface area contributed by atoms with E-state index in [0.29, 0.717) is 18.4 Å². The highest BCUT2D eigenvalue weighted by atomic mass is 16.4. The van der Waals surface area contributed by atoms with Crippen LogP contribution in [0.25, 0.3) is 0 Å². The molecule has 1 amide bonds. The number of nitrogens with one attached hydrogen (secondary N) is 1. The summed E-state index contributed by atoms with van der Waals surface area (Å²) in [6, 6.07) is 0.623. The molecule has 0 aliphatic heterocycles. The molecule has 1 heterocycles. The molecule has 1 unspecified atom stereocenters. The topological polar surface area (TPSA) is 92.2 Å². The van der Waals surface area contributed by atoms with Gasteiger partial charge in [0.25, 0.3) is 5.91 Å². The zero-order chi connectivity index (χ0) is 12.0. The van der Waals surface area contributed by atoms with Gasteiger partial charge in [-0.2, -0.15) is 10.2 Å². The van der Waals surface area contributed by atoms with Crippen LogP contribution in [0.15, 0.2) is 18.5 Å². The van der Waals surface area contributed by atoms with Crippen LogP contribution in [0, 0.1) is 0 Å². The lowest BCUT2D eigenvalue weighted by atomic mass is 10.1. The van der Waals surface area contributed by atoms with Crippen molar-refractivity contribution in [3.63, 3.8) is 0 Å². The molecule has 0 bridgehead atoms. The van der Waals surface area contributed by atoms with E-state index in [4.69, 9.17) is 5.11 Å². The molecule has 0 saturated carbocycles. The highest BCUT2D eigenvalue weighted by molar-refractivity contribution is 5.96. The van der Waals surface area contributed by atoms with Gasteiger partial charge >= 0.3 is 5.97 Å². The molecule has 6 heteroatoms. The van der Waals surface area contributed by atoms with Crippen LogP contribution < -0.4 is 5.32 Å². The summed E-state index contributed by atoms with van der Waals surface area (Å²) in [4.78, 5) is 22.4. The van der Waals surface area contributed by atoms with E-state index in [0.717, 1.165) is 0 Å². The Hall–Kier alpha value is -1.98. The van der Waals surface area contributed by atoms with Crippen molar-refractivity contribution in [3.8, 4) is 0 Å². The van der Waals surface area contributed by atoms with Gasteiger partial charge in [0.15, 0.2) is 0 Å². The molecule has 16 heavy (non-hydrogen) atoms. The molecule has 1 atom stereocenters. The molecule has 1 rings (SSSR count). The predicted molar refractivity (Wildman–Crippen MR) is 55.8 cm³/mol. The lowest BCUT2D eigenvalue weighted by molar-refractivity contribution is -0.139. The maximum atomic E-state index is 11.6. The molecular formula is C10H13N3O3. The van der Waals surface area contributed by atoms with Gasteiger partial charge in [0.2, 0.25) is 0 Å². The number of amides is 1. The van der Waals surface area contributed by atoms with E-state index in [-0.39, 0.29) is 0 Å². The Morgan fingerprint density at radius 3 is 2.75 bits per heavy atom. The van der Waals surface area contributed by atoms with Gasteiger partial charge in [-0.1, -0.05) is 13.3 Å². The molecule has 0 radical (unpaired) electrons. The Bertz CT molecular complexity index is 367. The lowest BCUT2D eigenvalue weighted by Gasteiger charge is -2.12. The van der Waals surface area contributed by atoms with Gasteiger partial charge in [0.05, 0.1) is 18.0 Å². The van der Waals surface area contributed by atoms with Crippen LogP contribution >= 0.6 is 0 Å². The lowest BCUT2D eigenvalue weighted by Crippen LogP contribution is -2.40. The van der Waals surface area contributed by atoms with Gasteiger partial charge in [-0.25, -0.2) is 4.79 Å². The third-order valence-corrected chi connectivity index (χ3v) is 2.03. The van der Waals surface area contributed by atoms with Gasteiger partial charge in [-0.05, 0) is 12.5 Å². The van der Waals surface area contributed by atoms with Crippen molar-refractivity contribution in [3.05, 3.63) is 24.0 Å². The molecule has 0 aliphatic carbocycles. The van der Waals surface area contributed by atoms with Crippen LogP contribution in [0.3, 0.4) is 0 Å². The van der Waals surface area contributed by atoms with E-state index < -0.39 is 17.9 Å². The fraction of sp³-hybridized carbons (Fsp3) is 0.400. The standard InChI is InChI=1S/C10H13N3O3/c1-2-3-8(10(15)16)13-9(14)7-4-5-11-12-6-7/h4-6,8H,2-3H2,1H3,(H,13,14)(H,15,16). The second-order valence-corrected chi connectivity index (χ2v) is 3.28. The largest absolute Gasteiger partial charge is 0.480 e. The first-order valence-electron chi connectivity index (χ1n) is 4.95. The first kappa shape index (κ1) is 12.1. The average Bonchev–Trinajstić information content (AvgIpc) is 2.29. The molecule has 0 aromatic carbocycles. The van der Waals surface area contributed by atoms with Crippen LogP contribution in [-0.2, 0) is 4.79 Å². The number of hydrogen-bond acceptors (Lipinski definition) is 4. The Labute approximate surface area is 92.7 Å². The summed E-state index contributed by atoms with van der Waals surface area (Å²) in [5.41, 5.74) is 0.303. The van der Waals surface area contributed by atoms with E-state index in [1.165, 1.54) is 18.5 Å². The molecule has 0 aliphatic rings. The molecule has 0 spiro atoms. The molecule has 2 N–H and O–H groups in total. The zero-order valence-electron chi connectivity index (χ0n) is 8.88. The number of carbonyl (C=O) groups is 2. The van der Waals surface area contributed by atoms with Gasteiger partial charge in [-0.15, -0.1) is 0 Å². The van der Waals surface area contributed by atoms with Gasteiger partial charge < -0.3 is 10.4 Å². The summed E-state index contributed by atoms with van der Waals surface area (Å²) in [5.74, 6) is -1.48. The average molecular weight is 223 g/mol.